The molecule has 0 saturated heterocycles. The Balaban J connectivity index is 4.16. The summed E-state index contributed by atoms with van der Waals surface area (Å²) in [7, 11) is -3.15. The van der Waals surface area contributed by atoms with Gasteiger partial charge in [0.15, 0.2) is 9.84 Å². The van der Waals surface area contributed by atoms with Crippen molar-refractivity contribution >= 4 is 15.7 Å². The third kappa shape index (κ3) is 3.91. The average Bonchev–Trinajstić information content (AvgIpc) is 2.01. The largest absolute Gasteiger partial charge is 0.352 e. The maximum absolute atomic E-state index is 11.5. The molecular weight excluding hydrogens is 202 g/mol. The number of hydrogen-bond acceptors (Lipinski definition) is 3. The molecule has 0 fully saturated rings. The summed E-state index contributed by atoms with van der Waals surface area (Å²) in [5.41, 5.74) is 0. The van der Waals surface area contributed by atoms with Crippen molar-refractivity contribution in [2.24, 2.45) is 0 Å². The summed E-state index contributed by atoms with van der Waals surface area (Å²) in [6, 6.07) is 0. The number of carbonyl (C=O) groups is 1. The molecule has 0 unspecified atom stereocenters. The van der Waals surface area contributed by atoms with Crippen LogP contribution in [0, 0.1) is 0 Å². The number of rotatable bonds is 4. The van der Waals surface area contributed by atoms with Crippen molar-refractivity contribution in [2.45, 2.75) is 25.5 Å². The van der Waals surface area contributed by atoms with Crippen LogP contribution < -0.4 is 5.32 Å². The van der Waals surface area contributed by atoms with E-state index in [0.717, 1.165) is 6.08 Å². The van der Waals surface area contributed by atoms with E-state index in [1.165, 1.54) is 0 Å². The lowest BCUT2D eigenvalue weighted by molar-refractivity contribution is -0.116. The minimum Gasteiger partial charge on any atom is -0.352 e. The molecule has 0 aromatic carbocycles. The lowest BCUT2D eigenvalue weighted by Gasteiger charge is -2.18. The zero-order valence-electron chi connectivity index (χ0n) is 8.83. The first-order valence-electron chi connectivity index (χ1n) is 4.33. The first kappa shape index (κ1) is 13.2. The van der Waals surface area contributed by atoms with Crippen molar-refractivity contribution in [1.82, 2.24) is 5.32 Å². The quantitative estimate of drug-likeness (QED) is 0.700. The molecule has 0 aliphatic rings. The van der Waals surface area contributed by atoms with Crippen LogP contribution in [0.15, 0.2) is 12.7 Å². The van der Waals surface area contributed by atoms with Gasteiger partial charge in [-0.2, -0.15) is 0 Å². The molecule has 0 radical (unpaired) electrons. The van der Waals surface area contributed by atoms with Gasteiger partial charge in [0.25, 0.3) is 0 Å². The molecule has 0 heterocycles. The van der Waals surface area contributed by atoms with Gasteiger partial charge in [-0.05, 0) is 26.8 Å². The second-order valence-electron chi connectivity index (χ2n) is 3.93. The Morgan fingerprint density at radius 3 is 2.29 bits per heavy atom. The summed E-state index contributed by atoms with van der Waals surface area (Å²) in [6.45, 7) is 8.30. The molecule has 0 saturated carbocycles. The smallest absolute Gasteiger partial charge is 0.243 e. The Kier molecular flexibility index (Phi) is 4.32. The van der Waals surface area contributed by atoms with Crippen LogP contribution in [0.1, 0.15) is 20.8 Å². The van der Waals surface area contributed by atoms with E-state index in [1.54, 1.807) is 20.8 Å². The number of carbonyl (C=O) groups excluding carboxylic acids is 1. The standard InChI is InChI=1S/C9H17NO3S/c1-5-8(11)10-6-7-14(12,13)9(2,3)4/h5H,1,6-7H2,2-4H3,(H,10,11). The van der Waals surface area contributed by atoms with Gasteiger partial charge in [-0.25, -0.2) is 8.42 Å². The zero-order chi connectivity index (χ0) is 11.4. The van der Waals surface area contributed by atoms with E-state index in [1.807, 2.05) is 0 Å². The van der Waals surface area contributed by atoms with Crippen LogP contribution in [0.2, 0.25) is 0 Å². The van der Waals surface area contributed by atoms with Crippen LogP contribution in [-0.4, -0.2) is 31.4 Å². The van der Waals surface area contributed by atoms with Gasteiger partial charge in [-0.15, -0.1) is 0 Å². The van der Waals surface area contributed by atoms with Crippen LogP contribution >= 0.6 is 0 Å². The first-order chi connectivity index (χ1) is 6.20. The van der Waals surface area contributed by atoms with Gasteiger partial charge < -0.3 is 5.32 Å². The summed E-state index contributed by atoms with van der Waals surface area (Å²) >= 11 is 0. The minimum atomic E-state index is -3.15. The minimum absolute atomic E-state index is 0.0456. The van der Waals surface area contributed by atoms with E-state index in [-0.39, 0.29) is 18.2 Å². The Morgan fingerprint density at radius 1 is 1.43 bits per heavy atom. The number of hydrogen-bond donors (Lipinski definition) is 1. The molecule has 0 aromatic heterocycles. The average molecular weight is 219 g/mol. The predicted octanol–water partition coefficient (Wildman–Crippen LogP) is 0.502. The van der Waals surface area contributed by atoms with E-state index < -0.39 is 14.6 Å². The molecule has 14 heavy (non-hydrogen) atoms. The first-order valence-corrected chi connectivity index (χ1v) is 5.98. The zero-order valence-corrected chi connectivity index (χ0v) is 9.65. The lowest BCUT2D eigenvalue weighted by atomic mass is 10.3. The third-order valence-corrected chi connectivity index (χ3v) is 4.40. The molecule has 0 atom stereocenters. The summed E-state index contributed by atoms with van der Waals surface area (Å²) in [5.74, 6) is -0.398. The maximum Gasteiger partial charge on any atom is 0.243 e. The Hall–Kier alpha value is -0.840. The van der Waals surface area contributed by atoms with Gasteiger partial charge in [-0.1, -0.05) is 6.58 Å². The topological polar surface area (TPSA) is 63.2 Å². The Bertz CT molecular complexity index is 311. The number of amides is 1. The summed E-state index contributed by atoms with van der Waals surface area (Å²) < 4.78 is 22.3. The summed E-state index contributed by atoms with van der Waals surface area (Å²) in [5, 5.41) is 2.42. The van der Waals surface area contributed by atoms with Crippen molar-refractivity contribution in [3.8, 4) is 0 Å². The van der Waals surface area contributed by atoms with Gasteiger partial charge in [0.05, 0.1) is 10.5 Å². The second-order valence-corrected chi connectivity index (χ2v) is 6.79. The van der Waals surface area contributed by atoms with Gasteiger partial charge in [-0.3, -0.25) is 4.79 Å². The summed E-state index contributed by atoms with van der Waals surface area (Å²) in [4.78, 5) is 10.7. The Labute approximate surface area is 85.3 Å². The monoisotopic (exact) mass is 219 g/mol. The van der Waals surface area contributed by atoms with Crippen molar-refractivity contribution in [3.05, 3.63) is 12.7 Å². The van der Waals surface area contributed by atoms with E-state index in [9.17, 15) is 13.2 Å². The molecule has 0 rings (SSSR count). The van der Waals surface area contributed by atoms with Crippen LogP contribution in [0.25, 0.3) is 0 Å². The number of sulfone groups is 1. The predicted molar refractivity (Wildman–Crippen MR) is 56.7 cm³/mol. The van der Waals surface area contributed by atoms with Crippen LogP contribution in [0.3, 0.4) is 0 Å². The van der Waals surface area contributed by atoms with Gasteiger partial charge in [0.1, 0.15) is 0 Å². The Morgan fingerprint density at radius 2 is 1.93 bits per heavy atom. The van der Waals surface area contributed by atoms with E-state index >= 15 is 0 Å². The van der Waals surface area contributed by atoms with Crippen LogP contribution in [-0.2, 0) is 14.6 Å². The third-order valence-electron chi connectivity index (χ3n) is 1.79. The van der Waals surface area contributed by atoms with E-state index in [0.29, 0.717) is 0 Å². The van der Waals surface area contributed by atoms with Gasteiger partial charge in [0.2, 0.25) is 5.91 Å². The molecular formula is C9H17NO3S. The molecule has 0 aliphatic heterocycles. The van der Waals surface area contributed by atoms with E-state index in [4.69, 9.17) is 0 Å². The highest BCUT2D eigenvalue weighted by Gasteiger charge is 2.28. The summed E-state index contributed by atoms with van der Waals surface area (Å²) in [6.07, 6.45) is 1.11. The normalized spacial score (nSPS) is 12.2. The van der Waals surface area contributed by atoms with Gasteiger partial charge in [0, 0.05) is 6.54 Å². The fourth-order valence-corrected chi connectivity index (χ4v) is 1.67. The van der Waals surface area contributed by atoms with Crippen LogP contribution in [0.5, 0.6) is 0 Å². The molecule has 5 heteroatoms. The van der Waals surface area contributed by atoms with Crippen molar-refractivity contribution < 1.29 is 13.2 Å². The second kappa shape index (κ2) is 4.59. The molecule has 1 N–H and O–H groups in total. The SMILES string of the molecule is C=CC(=O)NCCS(=O)(=O)C(C)(C)C. The highest BCUT2D eigenvalue weighted by atomic mass is 32.2. The van der Waals surface area contributed by atoms with Crippen molar-refractivity contribution in [2.75, 3.05) is 12.3 Å². The van der Waals surface area contributed by atoms with Crippen molar-refractivity contribution in [3.63, 3.8) is 0 Å². The van der Waals surface area contributed by atoms with Crippen molar-refractivity contribution in [1.29, 1.82) is 0 Å². The highest BCUT2D eigenvalue weighted by Crippen LogP contribution is 2.14. The fourth-order valence-electron chi connectivity index (χ4n) is 0.687. The highest BCUT2D eigenvalue weighted by molar-refractivity contribution is 7.92. The number of nitrogens with one attached hydrogen (secondary N) is 1. The molecule has 1 amide bonds. The molecule has 0 bridgehead atoms. The maximum atomic E-state index is 11.5. The molecule has 4 nitrogen and oxygen atoms in total. The molecule has 0 aromatic rings. The van der Waals surface area contributed by atoms with Gasteiger partial charge >= 0.3 is 0 Å². The van der Waals surface area contributed by atoms with E-state index in [2.05, 4.69) is 11.9 Å². The van der Waals surface area contributed by atoms with Crippen LogP contribution in [0.4, 0.5) is 0 Å². The lowest BCUT2D eigenvalue weighted by Crippen LogP contribution is -2.36. The molecule has 0 aliphatic carbocycles. The molecule has 82 valence electrons. The fraction of sp³-hybridized carbons (Fsp3) is 0.667. The molecule has 0 spiro atoms.